The second-order valence-electron chi connectivity index (χ2n) is 4.49. The minimum Gasteiger partial charge on any atom is -0.383 e. The van der Waals surface area contributed by atoms with Gasteiger partial charge in [-0.2, -0.15) is 0 Å². The van der Waals surface area contributed by atoms with Gasteiger partial charge in [0.2, 0.25) is 0 Å². The number of hydrogen-bond donors (Lipinski definition) is 2. The first kappa shape index (κ1) is 13.8. The Morgan fingerprint density at radius 3 is 2.42 bits per heavy atom. The number of nitrogens with zero attached hydrogens (tertiary/aromatic N) is 2. The highest BCUT2D eigenvalue weighted by Gasteiger charge is 2.09. The van der Waals surface area contributed by atoms with Crippen LogP contribution in [0.4, 0.5) is 17.3 Å². The SMILES string of the molecule is CCc1c(N)ncnc1Nc1cc(C)c(Br)c(C)c1. The first-order chi connectivity index (χ1) is 9.02. The number of hydrogen-bond acceptors (Lipinski definition) is 4. The number of benzene rings is 1. The van der Waals surface area contributed by atoms with E-state index < -0.39 is 0 Å². The van der Waals surface area contributed by atoms with Crippen LogP contribution >= 0.6 is 15.9 Å². The Bertz CT molecular complexity index is 587. The first-order valence-electron chi connectivity index (χ1n) is 6.16. The maximum Gasteiger partial charge on any atom is 0.139 e. The number of nitrogen functional groups attached to an aromatic ring is 1. The maximum absolute atomic E-state index is 5.87. The van der Waals surface area contributed by atoms with Crippen molar-refractivity contribution in [1.82, 2.24) is 9.97 Å². The molecule has 0 bridgehead atoms. The summed E-state index contributed by atoms with van der Waals surface area (Å²) in [7, 11) is 0. The summed E-state index contributed by atoms with van der Waals surface area (Å²) in [5, 5.41) is 3.32. The lowest BCUT2D eigenvalue weighted by Crippen LogP contribution is -2.04. The molecule has 0 saturated heterocycles. The molecule has 0 atom stereocenters. The largest absolute Gasteiger partial charge is 0.383 e. The van der Waals surface area contributed by atoms with E-state index in [9.17, 15) is 0 Å². The number of halogens is 1. The summed E-state index contributed by atoms with van der Waals surface area (Å²) in [6.07, 6.45) is 2.28. The molecule has 0 aliphatic carbocycles. The molecule has 1 aromatic heterocycles. The van der Waals surface area contributed by atoms with Crippen molar-refractivity contribution >= 4 is 33.3 Å². The van der Waals surface area contributed by atoms with E-state index in [4.69, 9.17) is 5.73 Å². The molecule has 2 aromatic rings. The van der Waals surface area contributed by atoms with Gasteiger partial charge in [0.25, 0.3) is 0 Å². The van der Waals surface area contributed by atoms with E-state index in [2.05, 4.69) is 57.2 Å². The van der Waals surface area contributed by atoms with E-state index in [0.29, 0.717) is 5.82 Å². The fraction of sp³-hybridized carbons (Fsp3) is 0.286. The van der Waals surface area contributed by atoms with Crippen LogP contribution in [0.1, 0.15) is 23.6 Å². The molecule has 3 N–H and O–H groups in total. The minimum atomic E-state index is 0.533. The smallest absolute Gasteiger partial charge is 0.139 e. The molecule has 1 heterocycles. The van der Waals surface area contributed by atoms with Crippen LogP contribution in [-0.2, 0) is 6.42 Å². The van der Waals surface area contributed by atoms with Crippen molar-refractivity contribution in [2.75, 3.05) is 11.1 Å². The van der Waals surface area contributed by atoms with Crippen LogP contribution in [0.3, 0.4) is 0 Å². The zero-order valence-corrected chi connectivity index (χ0v) is 12.9. The maximum atomic E-state index is 5.87. The molecule has 0 fully saturated rings. The highest BCUT2D eigenvalue weighted by molar-refractivity contribution is 9.10. The predicted octanol–water partition coefficient (Wildman–Crippen LogP) is 3.74. The number of rotatable bonds is 3. The fourth-order valence-corrected chi connectivity index (χ4v) is 2.27. The van der Waals surface area contributed by atoms with Gasteiger partial charge in [-0.05, 0) is 43.5 Å². The predicted molar refractivity (Wildman–Crippen MR) is 82.7 cm³/mol. The van der Waals surface area contributed by atoms with Crippen LogP contribution < -0.4 is 11.1 Å². The van der Waals surface area contributed by atoms with Gasteiger partial charge in [0.15, 0.2) is 0 Å². The van der Waals surface area contributed by atoms with Gasteiger partial charge in [-0.25, -0.2) is 9.97 Å². The number of anilines is 3. The number of aryl methyl sites for hydroxylation is 2. The van der Waals surface area contributed by atoms with Crippen molar-refractivity contribution < 1.29 is 0 Å². The molecule has 100 valence electrons. The van der Waals surface area contributed by atoms with Crippen molar-refractivity contribution in [3.63, 3.8) is 0 Å². The quantitative estimate of drug-likeness (QED) is 0.904. The third-order valence-corrected chi connectivity index (χ3v) is 4.28. The van der Waals surface area contributed by atoms with Crippen LogP contribution in [0.15, 0.2) is 22.9 Å². The second kappa shape index (κ2) is 5.57. The highest BCUT2D eigenvalue weighted by Crippen LogP contribution is 2.28. The molecule has 5 heteroatoms. The zero-order valence-electron chi connectivity index (χ0n) is 11.3. The number of nitrogens with two attached hydrogens (primary N) is 1. The van der Waals surface area contributed by atoms with E-state index in [1.165, 1.54) is 17.5 Å². The topological polar surface area (TPSA) is 63.8 Å². The molecular weight excluding hydrogens is 304 g/mol. The van der Waals surface area contributed by atoms with E-state index in [-0.39, 0.29) is 0 Å². The molecule has 19 heavy (non-hydrogen) atoms. The van der Waals surface area contributed by atoms with Crippen LogP contribution in [0.5, 0.6) is 0 Å². The van der Waals surface area contributed by atoms with Gasteiger partial charge in [-0.1, -0.05) is 22.9 Å². The molecule has 0 aliphatic rings. The van der Waals surface area contributed by atoms with Crippen molar-refractivity contribution in [1.29, 1.82) is 0 Å². The number of aromatic nitrogens is 2. The lowest BCUT2D eigenvalue weighted by Gasteiger charge is -2.13. The van der Waals surface area contributed by atoms with Crippen LogP contribution in [0.2, 0.25) is 0 Å². The fourth-order valence-electron chi connectivity index (χ4n) is 2.04. The Hall–Kier alpha value is -1.62. The minimum absolute atomic E-state index is 0.533. The molecule has 0 saturated carbocycles. The van der Waals surface area contributed by atoms with E-state index in [1.807, 2.05) is 6.92 Å². The van der Waals surface area contributed by atoms with Crippen molar-refractivity contribution in [3.8, 4) is 0 Å². The average Bonchev–Trinajstić information content (AvgIpc) is 2.36. The molecule has 0 unspecified atom stereocenters. The van der Waals surface area contributed by atoms with Gasteiger partial charge < -0.3 is 11.1 Å². The molecule has 1 aromatic carbocycles. The highest BCUT2D eigenvalue weighted by atomic mass is 79.9. The Labute approximate surface area is 121 Å². The summed E-state index contributed by atoms with van der Waals surface area (Å²) in [4.78, 5) is 8.29. The van der Waals surface area contributed by atoms with Gasteiger partial charge in [-0.15, -0.1) is 0 Å². The van der Waals surface area contributed by atoms with Gasteiger partial charge in [0, 0.05) is 15.7 Å². The molecular formula is C14H17BrN4. The van der Waals surface area contributed by atoms with Gasteiger partial charge in [0.05, 0.1) is 0 Å². The van der Waals surface area contributed by atoms with Gasteiger partial charge in [0.1, 0.15) is 18.0 Å². The van der Waals surface area contributed by atoms with Gasteiger partial charge >= 0.3 is 0 Å². The Morgan fingerprint density at radius 1 is 1.21 bits per heavy atom. The van der Waals surface area contributed by atoms with E-state index >= 15 is 0 Å². The summed E-state index contributed by atoms with van der Waals surface area (Å²) < 4.78 is 1.14. The molecule has 0 aliphatic heterocycles. The summed E-state index contributed by atoms with van der Waals surface area (Å²) in [6, 6.07) is 4.16. The number of nitrogens with one attached hydrogen (secondary N) is 1. The standard InChI is InChI=1S/C14H17BrN4/c1-4-11-13(16)17-7-18-14(11)19-10-5-8(2)12(15)9(3)6-10/h5-7H,4H2,1-3H3,(H3,16,17,18,19). The van der Waals surface area contributed by atoms with Crippen molar-refractivity contribution in [2.45, 2.75) is 27.2 Å². The molecule has 0 amide bonds. The first-order valence-corrected chi connectivity index (χ1v) is 6.95. The monoisotopic (exact) mass is 320 g/mol. The lowest BCUT2D eigenvalue weighted by atomic mass is 10.1. The molecule has 0 radical (unpaired) electrons. The Balaban J connectivity index is 2.39. The molecule has 2 rings (SSSR count). The van der Waals surface area contributed by atoms with Crippen molar-refractivity contribution in [2.24, 2.45) is 0 Å². The average molecular weight is 321 g/mol. The molecule has 0 spiro atoms. The van der Waals surface area contributed by atoms with E-state index in [1.54, 1.807) is 0 Å². The van der Waals surface area contributed by atoms with Gasteiger partial charge in [-0.3, -0.25) is 0 Å². The molecule has 4 nitrogen and oxygen atoms in total. The van der Waals surface area contributed by atoms with E-state index in [0.717, 1.165) is 28.0 Å². The Morgan fingerprint density at radius 2 is 1.84 bits per heavy atom. The Kier molecular flexibility index (Phi) is 4.04. The summed E-state index contributed by atoms with van der Waals surface area (Å²) in [6.45, 7) is 6.17. The van der Waals surface area contributed by atoms with Crippen LogP contribution in [-0.4, -0.2) is 9.97 Å². The third kappa shape index (κ3) is 2.87. The summed E-state index contributed by atoms with van der Waals surface area (Å²) >= 11 is 3.57. The van der Waals surface area contributed by atoms with Crippen LogP contribution in [0, 0.1) is 13.8 Å². The zero-order chi connectivity index (χ0) is 14.0. The third-order valence-electron chi connectivity index (χ3n) is 3.03. The normalized spacial score (nSPS) is 10.5. The second-order valence-corrected chi connectivity index (χ2v) is 5.28. The lowest BCUT2D eigenvalue weighted by molar-refractivity contribution is 1.06. The van der Waals surface area contributed by atoms with Crippen LogP contribution in [0.25, 0.3) is 0 Å². The summed E-state index contributed by atoms with van der Waals surface area (Å²) in [5.74, 6) is 1.31. The summed E-state index contributed by atoms with van der Waals surface area (Å²) in [5.41, 5.74) is 10.2. The van der Waals surface area contributed by atoms with Crippen molar-refractivity contribution in [3.05, 3.63) is 39.6 Å².